The highest BCUT2D eigenvalue weighted by Crippen LogP contribution is 2.39. The van der Waals surface area contributed by atoms with Crippen molar-refractivity contribution in [2.45, 2.75) is 0 Å². The lowest BCUT2D eigenvalue weighted by molar-refractivity contribution is 1.07. The molecule has 0 bridgehead atoms. The summed E-state index contributed by atoms with van der Waals surface area (Å²) in [5, 5.41) is 7.41. The van der Waals surface area contributed by atoms with Gasteiger partial charge in [0.25, 0.3) is 0 Å². The summed E-state index contributed by atoms with van der Waals surface area (Å²) < 4.78 is 2.38. The SMILES string of the molecule is c1ccc(-c2ccc(-c3nc(-c4ccccc4)nc(-c4cccc(-n5c6cc7ccccc7cc6c6c7ccccc7ccc65)c4)n3)cc2)cc1. The second-order valence-corrected chi connectivity index (χ2v) is 12.9. The third-order valence-corrected chi connectivity index (χ3v) is 9.80. The van der Waals surface area contributed by atoms with Gasteiger partial charge in [-0.3, -0.25) is 0 Å². The Morgan fingerprint density at radius 3 is 1.57 bits per heavy atom. The van der Waals surface area contributed by atoms with Gasteiger partial charge in [0, 0.05) is 33.2 Å². The zero-order valence-corrected chi connectivity index (χ0v) is 27.6. The molecule has 0 atom stereocenters. The number of aromatic nitrogens is 4. The van der Waals surface area contributed by atoms with Crippen LogP contribution in [-0.4, -0.2) is 19.5 Å². The molecule has 0 aliphatic rings. The van der Waals surface area contributed by atoms with Crippen LogP contribution in [0.5, 0.6) is 0 Å². The van der Waals surface area contributed by atoms with E-state index in [4.69, 9.17) is 15.0 Å². The molecule has 2 aromatic heterocycles. The van der Waals surface area contributed by atoms with Crippen molar-refractivity contribution >= 4 is 43.4 Å². The van der Waals surface area contributed by atoms with Crippen LogP contribution in [-0.2, 0) is 0 Å². The summed E-state index contributed by atoms with van der Waals surface area (Å²) in [5.41, 5.74) is 8.50. The lowest BCUT2D eigenvalue weighted by atomic mass is 10.0. The Hall–Kier alpha value is -6.91. The molecule has 0 unspecified atom stereocenters. The van der Waals surface area contributed by atoms with E-state index in [0.29, 0.717) is 17.5 Å². The van der Waals surface area contributed by atoms with Crippen molar-refractivity contribution in [3.05, 3.63) is 182 Å². The van der Waals surface area contributed by atoms with E-state index in [9.17, 15) is 0 Å². The van der Waals surface area contributed by atoms with E-state index in [1.807, 2.05) is 36.4 Å². The van der Waals surface area contributed by atoms with Gasteiger partial charge in [0.2, 0.25) is 0 Å². The number of benzene rings is 8. The predicted octanol–water partition coefficient (Wildman–Crippen LogP) is 11.9. The number of rotatable bonds is 5. The largest absolute Gasteiger partial charge is 0.309 e. The first-order valence-electron chi connectivity index (χ1n) is 17.2. The minimum absolute atomic E-state index is 0.629. The topological polar surface area (TPSA) is 43.6 Å². The molecule has 0 aliphatic carbocycles. The van der Waals surface area contributed by atoms with Gasteiger partial charge in [0.05, 0.1) is 11.0 Å². The van der Waals surface area contributed by atoms with Crippen molar-refractivity contribution in [2.24, 2.45) is 0 Å². The molecular formula is C47H30N4. The minimum Gasteiger partial charge on any atom is -0.309 e. The molecule has 10 aromatic rings. The van der Waals surface area contributed by atoms with Crippen molar-refractivity contribution < 1.29 is 0 Å². The Morgan fingerprint density at radius 1 is 0.314 bits per heavy atom. The van der Waals surface area contributed by atoms with Crippen LogP contribution in [0.1, 0.15) is 0 Å². The summed E-state index contributed by atoms with van der Waals surface area (Å²) in [6.07, 6.45) is 0. The predicted molar refractivity (Wildman–Crippen MR) is 211 cm³/mol. The molecule has 0 aliphatic heterocycles. The van der Waals surface area contributed by atoms with Crippen LogP contribution in [0.3, 0.4) is 0 Å². The second-order valence-electron chi connectivity index (χ2n) is 12.9. The average Bonchev–Trinajstić information content (AvgIpc) is 3.54. The molecule has 51 heavy (non-hydrogen) atoms. The van der Waals surface area contributed by atoms with Gasteiger partial charge in [-0.15, -0.1) is 0 Å². The fourth-order valence-electron chi connectivity index (χ4n) is 7.33. The van der Waals surface area contributed by atoms with Gasteiger partial charge in [-0.05, 0) is 63.0 Å². The molecule has 4 heteroatoms. The monoisotopic (exact) mass is 650 g/mol. The van der Waals surface area contributed by atoms with Crippen LogP contribution in [0, 0.1) is 0 Å². The first kappa shape index (κ1) is 29.0. The summed E-state index contributed by atoms with van der Waals surface area (Å²) in [5.74, 6) is 1.91. The molecule has 0 fully saturated rings. The highest BCUT2D eigenvalue weighted by Gasteiger charge is 2.18. The maximum atomic E-state index is 5.10. The molecule has 0 N–H and O–H groups in total. The van der Waals surface area contributed by atoms with Gasteiger partial charge < -0.3 is 4.57 Å². The van der Waals surface area contributed by atoms with Gasteiger partial charge in [-0.25, -0.2) is 15.0 Å². The van der Waals surface area contributed by atoms with Crippen molar-refractivity contribution in [3.8, 4) is 51.0 Å². The molecule has 238 valence electrons. The molecule has 4 nitrogen and oxygen atoms in total. The summed E-state index contributed by atoms with van der Waals surface area (Å²) >= 11 is 0. The van der Waals surface area contributed by atoms with E-state index in [2.05, 4.69) is 150 Å². The van der Waals surface area contributed by atoms with E-state index in [0.717, 1.165) is 39.0 Å². The van der Waals surface area contributed by atoms with E-state index >= 15 is 0 Å². The number of hydrogen-bond donors (Lipinski definition) is 0. The highest BCUT2D eigenvalue weighted by molar-refractivity contribution is 6.23. The molecule has 10 rings (SSSR count). The fourth-order valence-corrected chi connectivity index (χ4v) is 7.33. The van der Waals surface area contributed by atoms with Gasteiger partial charge in [-0.2, -0.15) is 0 Å². The number of nitrogens with zero attached hydrogens (tertiary/aromatic N) is 4. The summed E-state index contributed by atoms with van der Waals surface area (Å²) in [6.45, 7) is 0. The van der Waals surface area contributed by atoms with Crippen molar-refractivity contribution in [2.75, 3.05) is 0 Å². The Kier molecular flexibility index (Phi) is 6.78. The van der Waals surface area contributed by atoms with Crippen LogP contribution in [0.15, 0.2) is 182 Å². The highest BCUT2D eigenvalue weighted by atomic mass is 15.0. The summed E-state index contributed by atoms with van der Waals surface area (Å²) in [7, 11) is 0. The summed E-state index contributed by atoms with van der Waals surface area (Å²) in [4.78, 5) is 15.1. The molecule has 2 heterocycles. The molecular weight excluding hydrogens is 621 g/mol. The minimum atomic E-state index is 0.629. The van der Waals surface area contributed by atoms with Crippen LogP contribution in [0.4, 0.5) is 0 Å². The lowest BCUT2D eigenvalue weighted by Gasteiger charge is -2.12. The van der Waals surface area contributed by atoms with Crippen LogP contribution < -0.4 is 0 Å². The van der Waals surface area contributed by atoms with E-state index in [1.165, 1.54) is 37.9 Å². The Balaban J connectivity index is 1.17. The maximum Gasteiger partial charge on any atom is 0.164 e. The Labute approximate surface area is 295 Å². The third-order valence-electron chi connectivity index (χ3n) is 9.80. The first-order valence-corrected chi connectivity index (χ1v) is 17.2. The quantitative estimate of drug-likeness (QED) is 0.186. The van der Waals surface area contributed by atoms with Gasteiger partial charge >= 0.3 is 0 Å². The molecule has 0 saturated carbocycles. The molecule has 8 aromatic carbocycles. The second kappa shape index (κ2) is 11.9. The Bertz CT molecular complexity index is 2890. The maximum absolute atomic E-state index is 5.10. The first-order chi connectivity index (χ1) is 25.3. The van der Waals surface area contributed by atoms with Crippen molar-refractivity contribution in [1.29, 1.82) is 0 Å². The van der Waals surface area contributed by atoms with E-state index in [-0.39, 0.29) is 0 Å². The van der Waals surface area contributed by atoms with E-state index in [1.54, 1.807) is 0 Å². The van der Waals surface area contributed by atoms with Gasteiger partial charge in [0.1, 0.15) is 0 Å². The lowest BCUT2D eigenvalue weighted by Crippen LogP contribution is -2.01. The van der Waals surface area contributed by atoms with Crippen molar-refractivity contribution in [3.63, 3.8) is 0 Å². The Morgan fingerprint density at radius 2 is 0.843 bits per heavy atom. The van der Waals surface area contributed by atoms with Gasteiger partial charge in [-0.1, -0.05) is 152 Å². The van der Waals surface area contributed by atoms with Crippen LogP contribution in [0.2, 0.25) is 0 Å². The van der Waals surface area contributed by atoms with E-state index < -0.39 is 0 Å². The van der Waals surface area contributed by atoms with Crippen molar-refractivity contribution in [1.82, 2.24) is 19.5 Å². The standard InChI is InChI=1S/C47H30N4/c1-3-12-31(13-4-1)32-22-24-35(25-23-32)46-48-45(34-15-5-2-6-16-34)49-47(50-46)38-19-11-20-39(28-38)51-42-27-26-33-14-9-10-21-40(33)44(42)41-29-36-17-7-8-18-37(36)30-43(41)51/h1-30H. The number of fused-ring (bicyclic) bond motifs is 6. The van der Waals surface area contributed by atoms with Gasteiger partial charge in [0.15, 0.2) is 17.5 Å². The molecule has 0 spiro atoms. The zero-order chi connectivity index (χ0) is 33.7. The molecule has 0 saturated heterocycles. The van der Waals surface area contributed by atoms with Crippen LogP contribution >= 0.6 is 0 Å². The molecule has 0 amide bonds. The fraction of sp³-hybridized carbons (Fsp3) is 0. The average molecular weight is 651 g/mol. The number of hydrogen-bond acceptors (Lipinski definition) is 3. The molecule has 0 radical (unpaired) electrons. The normalized spacial score (nSPS) is 11.5. The summed E-state index contributed by atoms with van der Waals surface area (Å²) in [6, 6.07) is 64.0. The smallest absolute Gasteiger partial charge is 0.164 e. The zero-order valence-electron chi connectivity index (χ0n) is 27.6. The third kappa shape index (κ3) is 5.04. The van der Waals surface area contributed by atoms with Crippen LogP contribution in [0.25, 0.3) is 94.3 Å².